The van der Waals surface area contributed by atoms with Crippen LogP contribution in [0.15, 0.2) is 57.8 Å². The third kappa shape index (κ3) is 3.60. The van der Waals surface area contributed by atoms with E-state index in [1.165, 1.54) is 12.2 Å². The minimum atomic E-state index is -0.606. The van der Waals surface area contributed by atoms with E-state index in [0.717, 1.165) is 10.9 Å². The Bertz CT molecular complexity index is 891. The van der Waals surface area contributed by atoms with Crippen LogP contribution in [0.25, 0.3) is 17.0 Å². The lowest BCUT2D eigenvalue weighted by Crippen LogP contribution is -2.12. The average Bonchev–Trinajstić information content (AvgIpc) is 3.16. The summed E-state index contributed by atoms with van der Waals surface area (Å²) in [7, 11) is 0. The summed E-state index contributed by atoms with van der Waals surface area (Å²) in [5.41, 5.74) is 1.37. The first-order valence-electron chi connectivity index (χ1n) is 6.83. The van der Waals surface area contributed by atoms with Crippen molar-refractivity contribution in [1.29, 1.82) is 0 Å². The Morgan fingerprint density at radius 2 is 2.04 bits per heavy atom. The number of carbonyl (C=O) groups is 2. The van der Waals surface area contributed by atoms with Crippen molar-refractivity contribution < 1.29 is 18.7 Å². The molecule has 0 fully saturated rings. The summed E-state index contributed by atoms with van der Waals surface area (Å²) < 4.78 is 10.7. The summed E-state index contributed by atoms with van der Waals surface area (Å²) in [6, 6.07) is 10.9. The quantitative estimate of drug-likeness (QED) is 0.417. The van der Waals surface area contributed by atoms with E-state index < -0.39 is 5.97 Å². The number of benzene rings is 1. The second-order valence-corrected chi connectivity index (χ2v) is 5.54. The molecule has 0 atom stereocenters. The van der Waals surface area contributed by atoms with Gasteiger partial charge >= 0.3 is 5.97 Å². The van der Waals surface area contributed by atoms with Crippen LogP contribution in [0, 0.1) is 0 Å². The van der Waals surface area contributed by atoms with Crippen molar-refractivity contribution in [3.63, 3.8) is 0 Å². The van der Waals surface area contributed by atoms with Crippen molar-refractivity contribution in [3.8, 4) is 0 Å². The van der Waals surface area contributed by atoms with Crippen LogP contribution in [-0.4, -0.2) is 23.3 Å². The number of carbonyl (C=O) groups excluding carboxylic acids is 2. The second kappa shape index (κ2) is 6.66. The fourth-order valence-corrected chi connectivity index (χ4v) is 2.45. The van der Waals surface area contributed by atoms with Gasteiger partial charge in [-0.25, -0.2) is 4.79 Å². The Morgan fingerprint density at radius 1 is 1.22 bits per heavy atom. The van der Waals surface area contributed by atoms with Crippen LogP contribution in [0.3, 0.4) is 0 Å². The van der Waals surface area contributed by atoms with Gasteiger partial charge in [-0.05, 0) is 40.2 Å². The zero-order valence-corrected chi connectivity index (χ0v) is 13.5. The molecule has 2 aromatic heterocycles. The summed E-state index contributed by atoms with van der Waals surface area (Å²) in [5, 5.41) is 0.810. The first-order valence-corrected chi connectivity index (χ1v) is 7.62. The number of furan rings is 1. The molecule has 0 unspecified atom stereocenters. The van der Waals surface area contributed by atoms with Crippen LogP contribution < -0.4 is 0 Å². The zero-order valence-electron chi connectivity index (χ0n) is 11.9. The molecule has 3 rings (SSSR count). The van der Waals surface area contributed by atoms with E-state index in [2.05, 4.69) is 20.9 Å². The van der Waals surface area contributed by atoms with Gasteiger partial charge in [0.25, 0.3) is 0 Å². The molecular formula is C17H12BrNO4. The third-order valence-electron chi connectivity index (χ3n) is 3.21. The van der Waals surface area contributed by atoms with E-state index in [-0.39, 0.29) is 12.4 Å². The van der Waals surface area contributed by atoms with Crippen LogP contribution in [0.4, 0.5) is 0 Å². The largest absolute Gasteiger partial charge is 0.454 e. The van der Waals surface area contributed by atoms with Crippen molar-refractivity contribution in [3.05, 3.63) is 64.7 Å². The standard InChI is InChI=1S/C17H12BrNO4/c18-16-7-5-11(23-16)6-8-17(21)22-10-15(20)13-9-19-14-4-2-1-3-12(13)14/h1-9,19H,10H2/b8-6+. The molecule has 0 radical (unpaired) electrons. The first kappa shape index (κ1) is 15.3. The molecule has 0 saturated heterocycles. The van der Waals surface area contributed by atoms with Gasteiger partial charge in [-0.2, -0.15) is 0 Å². The Balaban J connectivity index is 1.60. The van der Waals surface area contributed by atoms with Gasteiger partial charge in [-0.1, -0.05) is 18.2 Å². The number of hydrogen-bond acceptors (Lipinski definition) is 4. The van der Waals surface area contributed by atoms with Gasteiger partial charge in [0, 0.05) is 28.7 Å². The van der Waals surface area contributed by atoms with Gasteiger partial charge in [0.15, 0.2) is 11.3 Å². The Kier molecular flexibility index (Phi) is 4.43. The van der Waals surface area contributed by atoms with Gasteiger partial charge in [0.05, 0.1) is 0 Å². The predicted molar refractivity (Wildman–Crippen MR) is 89.0 cm³/mol. The molecule has 0 bridgehead atoms. The Labute approximate surface area is 140 Å². The average molecular weight is 374 g/mol. The summed E-state index contributed by atoms with van der Waals surface area (Å²) >= 11 is 3.17. The third-order valence-corrected chi connectivity index (χ3v) is 3.64. The fourth-order valence-electron chi connectivity index (χ4n) is 2.13. The van der Waals surface area contributed by atoms with E-state index in [1.54, 1.807) is 18.3 Å². The molecule has 2 heterocycles. The summed E-state index contributed by atoms with van der Waals surface area (Å²) in [5.74, 6) is -0.354. The number of para-hydroxylation sites is 1. The van der Waals surface area contributed by atoms with Crippen LogP contribution >= 0.6 is 15.9 Å². The molecule has 0 spiro atoms. The maximum Gasteiger partial charge on any atom is 0.331 e. The van der Waals surface area contributed by atoms with Gasteiger partial charge in [0.1, 0.15) is 5.76 Å². The predicted octanol–water partition coefficient (Wildman–Crippen LogP) is 3.96. The van der Waals surface area contributed by atoms with E-state index in [0.29, 0.717) is 16.0 Å². The summed E-state index contributed by atoms with van der Waals surface area (Å²) in [6.07, 6.45) is 4.31. The number of halogens is 1. The van der Waals surface area contributed by atoms with Crippen LogP contribution in [-0.2, 0) is 9.53 Å². The number of esters is 1. The van der Waals surface area contributed by atoms with Crippen molar-refractivity contribution >= 4 is 44.7 Å². The maximum atomic E-state index is 12.2. The normalized spacial score (nSPS) is 11.2. The SMILES string of the molecule is O=C(/C=C/c1ccc(Br)o1)OCC(=O)c1c[nH]c2ccccc12. The second-order valence-electron chi connectivity index (χ2n) is 4.75. The van der Waals surface area contributed by atoms with Crippen molar-refractivity contribution in [2.24, 2.45) is 0 Å². The number of aromatic amines is 1. The Morgan fingerprint density at radius 3 is 2.83 bits per heavy atom. The van der Waals surface area contributed by atoms with E-state index in [9.17, 15) is 9.59 Å². The topological polar surface area (TPSA) is 72.3 Å². The molecule has 0 aliphatic carbocycles. The number of H-pyrrole nitrogens is 1. The molecule has 6 heteroatoms. The molecule has 0 aliphatic rings. The molecule has 5 nitrogen and oxygen atoms in total. The molecule has 23 heavy (non-hydrogen) atoms. The van der Waals surface area contributed by atoms with Crippen LogP contribution in [0.2, 0.25) is 0 Å². The maximum absolute atomic E-state index is 12.2. The molecule has 0 aliphatic heterocycles. The lowest BCUT2D eigenvalue weighted by Gasteiger charge is -2.00. The molecule has 0 saturated carbocycles. The number of ketones is 1. The molecular weight excluding hydrogens is 362 g/mol. The number of fused-ring (bicyclic) bond motifs is 1. The number of hydrogen-bond donors (Lipinski definition) is 1. The lowest BCUT2D eigenvalue weighted by molar-refractivity contribution is -0.136. The number of rotatable bonds is 5. The van der Waals surface area contributed by atoms with Gasteiger partial charge in [-0.15, -0.1) is 0 Å². The molecule has 1 aromatic carbocycles. The van der Waals surface area contributed by atoms with Crippen molar-refractivity contribution in [2.75, 3.05) is 6.61 Å². The van der Waals surface area contributed by atoms with Crippen LogP contribution in [0.5, 0.6) is 0 Å². The highest BCUT2D eigenvalue weighted by Gasteiger charge is 2.13. The lowest BCUT2D eigenvalue weighted by atomic mass is 10.1. The van der Waals surface area contributed by atoms with Crippen molar-refractivity contribution in [1.82, 2.24) is 4.98 Å². The molecule has 116 valence electrons. The van der Waals surface area contributed by atoms with Gasteiger partial charge in [-0.3, -0.25) is 4.79 Å². The number of aromatic nitrogens is 1. The fraction of sp³-hybridized carbons (Fsp3) is 0.0588. The molecule has 0 amide bonds. The molecule has 1 N–H and O–H groups in total. The smallest absolute Gasteiger partial charge is 0.331 e. The van der Waals surface area contributed by atoms with E-state index in [1.807, 2.05) is 24.3 Å². The van der Waals surface area contributed by atoms with Gasteiger partial charge in [0.2, 0.25) is 5.78 Å². The minimum absolute atomic E-state index is 0.259. The van der Waals surface area contributed by atoms with Gasteiger partial charge < -0.3 is 14.1 Å². The minimum Gasteiger partial charge on any atom is -0.454 e. The first-order chi connectivity index (χ1) is 11.1. The highest BCUT2D eigenvalue weighted by molar-refractivity contribution is 9.10. The monoisotopic (exact) mass is 373 g/mol. The molecule has 3 aromatic rings. The summed E-state index contributed by atoms with van der Waals surface area (Å²) in [6.45, 7) is -0.313. The van der Waals surface area contributed by atoms with Crippen molar-refractivity contribution in [2.45, 2.75) is 0 Å². The number of ether oxygens (including phenoxy) is 1. The van der Waals surface area contributed by atoms with E-state index >= 15 is 0 Å². The van der Waals surface area contributed by atoms with E-state index in [4.69, 9.17) is 9.15 Å². The zero-order chi connectivity index (χ0) is 16.2. The number of nitrogens with one attached hydrogen (secondary N) is 1. The summed E-state index contributed by atoms with van der Waals surface area (Å²) in [4.78, 5) is 26.8. The highest BCUT2D eigenvalue weighted by atomic mass is 79.9. The number of Topliss-reactive ketones (excluding diaryl/α,β-unsaturated/α-hetero) is 1. The highest BCUT2D eigenvalue weighted by Crippen LogP contribution is 2.18. The van der Waals surface area contributed by atoms with Crippen LogP contribution in [0.1, 0.15) is 16.1 Å². The Hall–Kier alpha value is -2.60.